The number of nitrogens with zero attached hydrogens (tertiary/aromatic N) is 2. The van der Waals surface area contributed by atoms with Crippen molar-refractivity contribution in [2.75, 3.05) is 16.8 Å². The van der Waals surface area contributed by atoms with Gasteiger partial charge in [0.25, 0.3) is 11.8 Å². The molecule has 0 atom stereocenters. The zero-order chi connectivity index (χ0) is 21.4. The van der Waals surface area contributed by atoms with Crippen LogP contribution in [0, 0.1) is 13.8 Å². The summed E-state index contributed by atoms with van der Waals surface area (Å²) in [6.07, 6.45) is 0. The maximum atomic E-state index is 13.6. The lowest BCUT2D eigenvalue weighted by Crippen LogP contribution is -2.34. The predicted molar refractivity (Wildman–Crippen MR) is 122 cm³/mol. The molecule has 5 heteroatoms. The van der Waals surface area contributed by atoms with Gasteiger partial charge in [0, 0.05) is 17.8 Å². The van der Waals surface area contributed by atoms with Gasteiger partial charge < -0.3 is 4.90 Å². The first-order chi connectivity index (χ1) is 14.4. The standard InChI is InChI=1S/C25H21ClN2O2/c1-16-9-12-18(13-10-16)22-23(27(3)20-7-5-4-6-8-20)25(30)28(24(22)29)21-15-19(26)14-11-17(21)2/h4-15H,1-3H3. The van der Waals surface area contributed by atoms with Crippen molar-refractivity contribution in [1.82, 2.24) is 0 Å². The number of anilines is 2. The molecule has 0 fully saturated rings. The maximum absolute atomic E-state index is 13.6. The number of hydrogen-bond acceptors (Lipinski definition) is 3. The minimum Gasteiger partial charge on any atom is -0.339 e. The van der Waals surface area contributed by atoms with Gasteiger partial charge in [0.1, 0.15) is 5.70 Å². The molecule has 0 aromatic heterocycles. The van der Waals surface area contributed by atoms with Crippen molar-refractivity contribution < 1.29 is 9.59 Å². The van der Waals surface area contributed by atoms with Gasteiger partial charge in [-0.05, 0) is 49.2 Å². The van der Waals surface area contributed by atoms with E-state index in [0.29, 0.717) is 27.5 Å². The fraction of sp³-hybridized carbons (Fsp3) is 0.120. The van der Waals surface area contributed by atoms with Gasteiger partial charge in [0.05, 0.1) is 11.3 Å². The summed E-state index contributed by atoms with van der Waals surface area (Å²) >= 11 is 6.18. The monoisotopic (exact) mass is 416 g/mol. The van der Waals surface area contributed by atoms with Crippen LogP contribution in [0.15, 0.2) is 78.5 Å². The third-order valence-corrected chi connectivity index (χ3v) is 5.53. The van der Waals surface area contributed by atoms with E-state index < -0.39 is 0 Å². The van der Waals surface area contributed by atoms with Crippen molar-refractivity contribution >= 4 is 40.4 Å². The Balaban J connectivity index is 1.90. The summed E-state index contributed by atoms with van der Waals surface area (Å²) in [4.78, 5) is 30.2. The van der Waals surface area contributed by atoms with Crippen molar-refractivity contribution in [3.05, 3.63) is 100 Å². The second kappa shape index (κ2) is 7.81. The van der Waals surface area contributed by atoms with Gasteiger partial charge in [-0.1, -0.05) is 65.7 Å². The Morgan fingerprint density at radius 1 is 0.833 bits per heavy atom. The highest BCUT2D eigenvalue weighted by Gasteiger charge is 2.42. The normalized spacial score (nSPS) is 13.9. The highest BCUT2D eigenvalue weighted by atomic mass is 35.5. The number of amides is 2. The number of para-hydroxylation sites is 1. The van der Waals surface area contributed by atoms with E-state index in [-0.39, 0.29) is 11.8 Å². The van der Waals surface area contributed by atoms with E-state index in [1.165, 1.54) is 4.90 Å². The van der Waals surface area contributed by atoms with E-state index in [0.717, 1.165) is 16.8 Å². The lowest BCUT2D eigenvalue weighted by atomic mass is 10.0. The zero-order valence-electron chi connectivity index (χ0n) is 17.0. The fourth-order valence-corrected chi connectivity index (χ4v) is 3.80. The summed E-state index contributed by atoms with van der Waals surface area (Å²) in [6, 6.07) is 22.4. The molecule has 1 aliphatic rings. The van der Waals surface area contributed by atoms with Gasteiger partial charge in [-0.2, -0.15) is 0 Å². The van der Waals surface area contributed by atoms with Gasteiger partial charge in [-0.3, -0.25) is 9.59 Å². The number of hydrogen-bond donors (Lipinski definition) is 0. The molecule has 2 amide bonds. The fourth-order valence-electron chi connectivity index (χ4n) is 3.63. The second-order valence-corrected chi connectivity index (χ2v) is 7.80. The molecule has 3 aromatic carbocycles. The quantitative estimate of drug-likeness (QED) is 0.536. The van der Waals surface area contributed by atoms with Crippen molar-refractivity contribution in [2.45, 2.75) is 13.8 Å². The molecule has 0 saturated heterocycles. The Hall–Kier alpha value is -3.37. The smallest absolute Gasteiger partial charge is 0.282 e. The van der Waals surface area contributed by atoms with E-state index >= 15 is 0 Å². The first-order valence-corrected chi connectivity index (χ1v) is 10.0. The number of likely N-dealkylation sites (N-methyl/N-ethyl adjacent to an activating group) is 1. The summed E-state index contributed by atoms with van der Waals surface area (Å²) in [5.41, 5.74) is 4.63. The number of rotatable bonds is 4. The third-order valence-electron chi connectivity index (χ3n) is 5.29. The van der Waals surface area contributed by atoms with Crippen LogP contribution in [0.1, 0.15) is 16.7 Å². The van der Waals surface area contributed by atoms with Crippen LogP contribution in [-0.4, -0.2) is 18.9 Å². The lowest BCUT2D eigenvalue weighted by molar-refractivity contribution is -0.120. The van der Waals surface area contributed by atoms with E-state index in [2.05, 4.69) is 0 Å². The van der Waals surface area contributed by atoms with Gasteiger partial charge >= 0.3 is 0 Å². The Labute approximate surface area is 181 Å². The zero-order valence-corrected chi connectivity index (χ0v) is 17.8. The lowest BCUT2D eigenvalue weighted by Gasteiger charge is -2.22. The van der Waals surface area contributed by atoms with Crippen molar-refractivity contribution in [1.29, 1.82) is 0 Å². The molecule has 0 N–H and O–H groups in total. The molecule has 4 rings (SSSR count). The van der Waals surface area contributed by atoms with Crippen molar-refractivity contribution in [2.24, 2.45) is 0 Å². The minimum absolute atomic E-state index is 0.342. The van der Waals surface area contributed by atoms with E-state index in [9.17, 15) is 9.59 Å². The second-order valence-electron chi connectivity index (χ2n) is 7.36. The highest BCUT2D eigenvalue weighted by molar-refractivity contribution is 6.46. The maximum Gasteiger partial charge on any atom is 0.282 e. The first-order valence-electron chi connectivity index (χ1n) is 9.63. The molecular weight excluding hydrogens is 396 g/mol. The molecule has 3 aromatic rings. The highest BCUT2D eigenvalue weighted by Crippen LogP contribution is 2.37. The van der Waals surface area contributed by atoms with Gasteiger partial charge in [-0.25, -0.2) is 4.90 Å². The van der Waals surface area contributed by atoms with E-state index in [1.807, 2.05) is 74.5 Å². The number of aryl methyl sites for hydroxylation is 2. The van der Waals surface area contributed by atoms with Crippen LogP contribution in [0.3, 0.4) is 0 Å². The van der Waals surface area contributed by atoms with Gasteiger partial charge in [-0.15, -0.1) is 0 Å². The summed E-state index contributed by atoms with van der Waals surface area (Å²) in [5, 5.41) is 0.470. The van der Waals surface area contributed by atoms with Crippen LogP contribution in [0.4, 0.5) is 11.4 Å². The molecule has 0 bridgehead atoms. The number of carbonyl (C=O) groups is 2. The molecular formula is C25H21ClN2O2. The Kier molecular flexibility index (Phi) is 5.18. The Morgan fingerprint density at radius 2 is 1.50 bits per heavy atom. The first kappa shape index (κ1) is 19.9. The summed E-state index contributed by atoms with van der Waals surface area (Å²) < 4.78 is 0. The third kappa shape index (κ3) is 3.40. The number of benzene rings is 3. The Morgan fingerprint density at radius 3 is 2.17 bits per heavy atom. The topological polar surface area (TPSA) is 40.6 Å². The summed E-state index contributed by atoms with van der Waals surface area (Å²) in [7, 11) is 1.80. The van der Waals surface area contributed by atoms with Crippen LogP contribution in [0.25, 0.3) is 5.57 Å². The molecule has 0 radical (unpaired) electrons. The van der Waals surface area contributed by atoms with Crippen LogP contribution >= 0.6 is 11.6 Å². The van der Waals surface area contributed by atoms with Gasteiger partial charge in [0.2, 0.25) is 0 Å². The Bertz CT molecular complexity index is 1170. The number of halogens is 1. The van der Waals surface area contributed by atoms with Crippen molar-refractivity contribution in [3.63, 3.8) is 0 Å². The average Bonchev–Trinajstić information content (AvgIpc) is 3.00. The van der Waals surface area contributed by atoms with Crippen LogP contribution in [0.2, 0.25) is 5.02 Å². The molecule has 30 heavy (non-hydrogen) atoms. The molecule has 1 aliphatic heterocycles. The van der Waals surface area contributed by atoms with Gasteiger partial charge in [0.15, 0.2) is 0 Å². The van der Waals surface area contributed by atoms with E-state index in [4.69, 9.17) is 11.6 Å². The van der Waals surface area contributed by atoms with Crippen LogP contribution in [0.5, 0.6) is 0 Å². The van der Waals surface area contributed by atoms with E-state index in [1.54, 1.807) is 24.1 Å². The molecule has 0 aliphatic carbocycles. The van der Waals surface area contributed by atoms with Crippen LogP contribution < -0.4 is 9.80 Å². The minimum atomic E-state index is -0.368. The van der Waals surface area contributed by atoms with Crippen LogP contribution in [-0.2, 0) is 9.59 Å². The SMILES string of the molecule is Cc1ccc(C2=C(N(C)c3ccccc3)C(=O)N(c3cc(Cl)ccc3C)C2=O)cc1. The molecule has 0 saturated carbocycles. The number of imide groups is 1. The molecule has 0 unspecified atom stereocenters. The average molecular weight is 417 g/mol. The molecule has 4 nitrogen and oxygen atoms in total. The number of carbonyl (C=O) groups excluding carboxylic acids is 2. The largest absolute Gasteiger partial charge is 0.339 e. The predicted octanol–water partition coefficient (Wildman–Crippen LogP) is 5.38. The summed E-state index contributed by atoms with van der Waals surface area (Å²) in [6.45, 7) is 3.84. The summed E-state index contributed by atoms with van der Waals surface area (Å²) in [5.74, 6) is -0.723. The molecule has 0 spiro atoms. The molecule has 1 heterocycles. The van der Waals surface area contributed by atoms with Crippen molar-refractivity contribution in [3.8, 4) is 0 Å². The molecule has 150 valence electrons.